The van der Waals surface area contributed by atoms with Crippen LogP contribution in [0.25, 0.3) is 0 Å². The summed E-state index contributed by atoms with van der Waals surface area (Å²) in [6.07, 6.45) is -1.22. The lowest BCUT2D eigenvalue weighted by molar-refractivity contribution is -0.384. The summed E-state index contributed by atoms with van der Waals surface area (Å²) < 4.78 is 4.78. The van der Waals surface area contributed by atoms with E-state index in [2.05, 4.69) is 5.32 Å². The number of hydrogen-bond donors (Lipinski definition) is 2. The number of carboxylic acids is 1. The van der Waals surface area contributed by atoms with Gasteiger partial charge in [0.15, 0.2) is 0 Å². The first kappa shape index (κ1) is 14.4. The van der Waals surface area contributed by atoms with Crippen LogP contribution < -0.4 is 5.32 Å². The van der Waals surface area contributed by atoms with E-state index in [0.29, 0.717) is 0 Å². The number of benzene rings is 1. The number of rotatable bonds is 4. The van der Waals surface area contributed by atoms with Crippen molar-refractivity contribution in [2.75, 3.05) is 5.32 Å². The number of anilines is 1. The first-order chi connectivity index (χ1) is 8.81. The molecule has 0 aliphatic carbocycles. The molecule has 0 saturated heterocycles. The summed E-state index contributed by atoms with van der Waals surface area (Å²) in [5.41, 5.74) is -0.879. The van der Waals surface area contributed by atoms with Gasteiger partial charge in [0, 0.05) is 6.07 Å². The Morgan fingerprint density at radius 3 is 2.53 bits per heavy atom. The van der Waals surface area contributed by atoms with Crippen LogP contribution in [0.5, 0.6) is 0 Å². The van der Waals surface area contributed by atoms with Crippen molar-refractivity contribution in [1.82, 2.24) is 0 Å². The summed E-state index contributed by atoms with van der Waals surface area (Å²) in [7, 11) is 0. The quantitative estimate of drug-likeness (QED) is 0.638. The van der Waals surface area contributed by atoms with Gasteiger partial charge in [0.05, 0.1) is 16.6 Å². The molecule has 0 aliphatic rings. The molecule has 0 aromatic heterocycles. The first-order valence-corrected chi connectivity index (χ1v) is 5.30. The zero-order valence-corrected chi connectivity index (χ0v) is 10.2. The van der Waals surface area contributed by atoms with Gasteiger partial charge in [0.1, 0.15) is 5.69 Å². The fourth-order valence-corrected chi connectivity index (χ4v) is 1.27. The molecule has 19 heavy (non-hydrogen) atoms. The number of ether oxygens (including phenoxy) is 1. The van der Waals surface area contributed by atoms with Crippen LogP contribution in [0.4, 0.5) is 16.2 Å². The highest BCUT2D eigenvalue weighted by atomic mass is 16.6. The van der Waals surface area contributed by atoms with Crippen LogP contribution in [-0.2, 0) is 4.74 Å². The predicted molar refractivity (Wildman–Crippen MR) is 65.3 cm³/mol. The zero-order valence-electron chi connectivity index (χ0n) is 10.2. The van der Waals surface area contributed by atoms with E-state index in [1.54, 1.807) is 13.8 Å². The number of nitrogens with one attached hydrogen (secondary N) is 1. The summed E-state index contributed by atoms with van der Waals surface area (Å²) in [4.78, 5) is 32.1. The van der Waals surface area contributed by atoms with Gasteiger partial charge in [0.2, 0.25) is 0 Å². The molecule has 0 fully saturated rings. The van der Waals surface area contributed by atoms with Gasteiger partial charge in [-0.3, -0.25) is 15.4 Å². The second-order valence-corrected chi connectivity index (χ2v) is 3.87. The Balaban J connectivity index is 3.04. The highest BCUT2D eigenvalue weighted by Gasteiger charge is 2.19. The van der Waals surface area contributed by atoms with E-state index in [0.717, 1.165) is 18.2 Å². The number of nitro benzene ring substituents is 1. The van der Waals surface area contributed by atoms with Crippen LogP contribution in [0.15, 0.2) is 18.2 Å². The van der Waals surface area contributed by atoms with Crippen LogP contribution >= 0.6 is 0 Å². The minimum atomic E-state index is -1.29. The summed E-state index contributed by atoms with van der Waals surface area (Å²) in [5, 5.41) is 21.8. The summed E-state index contributed by atoms with van der Waals surface area (Å²) in [6.45, 7) is 3.25. The van der Waals surface area contributed by atoms with E-state index >= 15 is 0 Å². The highest BCUT2D eigenvalue weighted by molar-refractivity contribution is 5.93. The highest BCUT2D eigenvalue weighted by Crippen LogP contribution is 2.25. The zero-order chi connectivity index (χ0) is 14.6. The number of hydrogen-bond acceptors (Lipinski definition) is 5. The average molecular weight is 268 g/mol. The van der Waals surface area contributed by atoms with Crippen molar-refractivity contribution in [3.8, 4) is 0 Å². The SMILES string of the molecule is CC(C)OC(=O)Nc1ccc(C(=O)O)cc1[N+](=O)[O-]. The van der Waals surface area contributed by atoms with E-state index in [4.69, 9.17) is 9.84 Å². The largest absolute Gasteiger partial charge is 0.478 e. The lowest BCUT2D eigenvalue weighted by atomic mass is 10.2. The Kier molecular flexibility index (Phi) is 4.41. The van der Waals surface area contributed by atoms with E-state index < -0.39 is 22.7 Å². The van der Waals surface area contributed by atoms with Crippen molar-refractivity contribution >= 4 is 23.4 Å². The maximum Gasteiger partial charge on any atom is 0.412 e. The van der Waals surface area contributed by atoms with Gasteiger partial charge < -0.3 is 9.84 Å². The molecule has 0 unspecified atom stereocenters. The Labute approximate surface area is 108 Å². The number of nitro groups is 1. The molecular formula is C11H12N2O6. The number of amides is 1. The van der Waals surface area contributed by atoms with Crippen LogP contribution in [-0.4, -0.2) is 28.2 Å². The molecule has 1 rings (SSSR count). The molecule has 0 spiro atoms. The van der Waals surface area contributed by atoms with Gasteiger partial charge in [-0.2, -0.15) is 0 Å². The number of carbonyl (C=O) groups is 2. The van der Waals surface area contributed by atoms with Crippen LogP contribution in [0.3, 0.4) is 0 Å². The molecule has 0 atom stereocenters. The number of aromatic carboxylic acids is 1. The van der Waals surface area contributed by atoms with Crippen molar-refractivity contribution in [2.24, 2.45) is 0 Å². The van der Waals surface area contributed by atoms with E-state index in [1.165, 1.54) is 0 Å². The normalized spacial score (nSPS) is 10.1. The third kappa shape index (κ3) is 3.95. The number of carboxylic acid groups (broad SMARTS) is 1. The number of nitrogens with zero attached hydrogens (tertiary/aromatic N) is 1. The minimum Gasteiger partial charge on any atom is -0.478 e. The Hall–Kier alpha value is -2.64. The van der Waals surface area contributed by atoms with Gasteiger partial charge in [-0.25, -0.2) is 9.59 Å². The Bertz CT molecular complexity index is 526. The number of carbonyl (C=O) groups excluding carboxylic acids is 1. The predicted octanol–water partition coefficient (Wildman–Crippen LogP) is 2.25. The van der Waals surface area contributed by atoms with E-state index in [9.17, 15) is 19.7 Å². The second kappa shape index (κ2) is 5.80. The Morgan fingerprint density at radius 1 is 1.42 bits per heavy atom. The summed E-state index contributed by atoms with van der Waals surface area (Å²) in [5.74, 6) is -1.29. The van der Waals surface area contributed by atoms with Gasteiger partial charge in [-0.05, 0) is 26.0 Å². The van der Waals surface area contributed by atoms with Gasteiger partial charge in [-0.15, -0.1) is 0 Å². The van der Waals surface area contributed by atoms with Gasteiger partial charge in [0.25, 0.3) is 5.69 Å². The molecule has 1 amide bonds. The molecule has 0 radical (unpaired) electrons. The molecule has 0 bridgehead atoms. The molecule has 2 N–H and O–H groups in total. The average Bonchev–Trinajstić information content (AvgIpc) is 2.27. The molecule has 102 valence electrons. The van der Waals surface area contributed by atoms with Crippen molar-refractivity contribution in [1.29, 1.82) is 0 Å². The van der Waals surface area contributed by atoms with Crippen LogP contribution in [0, 0.1) is 10.1 Å². The van der Waals surface area contributed by atoms with Crippen molar-refractivity contribution < 1.29 is 24.4 Å². The fourth-order valence-electron chi connectivity index (χ4n) is 1.27. The third-order valence-electron chi connectivity index (χ3n) is 2.02. The third-order valence-corrected chi connectivity index (χ3v) is 2.02. The molecule has 1 aromatic rings. The van der Waals surface area contributed by atoms with Crippen LogP contribution in [0.2, 0.25) is 0 Å². The Morgan fingerprint density at radius 2 is 2.05 bits per heavy atom. The molecule has 1 aromatic carbocycles. The standard InChI is InChI=1S/C11H12N2O6/c1-6(2)19-11(16)12-8-4-3-7(10(14)15)5-9(8)13(17)18/h3-6H,1-2H3,(H,12,16)(H,14,15). The molecule has 0 aliphatic heterocycles. The maximum absolute atomic E-state index is 11.3. The summed E-state index contributed by atoms with van der Waals surface area (Å²) >= 11 is 0. The van der Waals surface area contributed by atoms with Crippen molar-refractivity contribution in [3.05, 3.63) is 33.9 Å². The van der Waals surface area contributed by atoms with E-state index in [-0.39, 0.29) is 17.4 Å². The molecule has 8 nitrogen and oxygen atoms in total. The molecule has 0 saturated carbocycles. The van der Waals surface area contributed by atoms with Crippen LogP contribution in [0.1, 0.15) is 24.2 Å². The fraction of sp³-hybridized carbons (Fsp3) is 0.273. The van der Waals surface area contributed by atoms with Crippen molar-refractivity contribution in [3.63, 3.8) is 0 Å². The van der Waals surface area contributed by atoms with E-state index in [1.807, 2.05) is 0 Å². The summed E-state index contributed by atoms with van der Waals surface area (Å²) in [6, 6.07) is 3.16. The smallest absolute Gasteiger partial charge is 0.412 e. The lowest BCUT2D eigenvalue weighted by Gasteiger charge is -2.09. The molecule has 8 heteroatoms. The molecular weight excluding hydrogens is 256 g/mol. The molecule has 0 heterocycles. The van der Waals surface area contributed by atoms with Gasteiger partial charge >= 0.3 is 12.1 Å². The first-order valence-electron chi connectivity index (χ1n) is 5.30. The topological polar surface area (TPSA) is 119 Å². The van der Waals surface area contributed by atoms with Gasteiger partial charge in [-0.1, -0.05) is 0 Å². The lowest BCUT2D eigenvalue weighted by Crippen LogP contribution is -2.18. The maximum atomic E-state index is 11.3. The minimum absolute atomic E-state index is 0.124. The second-order valence-electron chi connectivity index (χ2n) is 3.87. The monoisotopic (exact) mass is 268 g/mol. The van der Waals surface area contributed by atoms with Crippen molar-refractivity contribution in [2.45, 2.75) is 20.0 Å².